The fourth-order valence-electron chi connectivity index (χ4n) is 7.82. The molecule has 0 saturated carbocycles. The van der Waals surface area contributed by atoms with Gasteiger partial charge in [-0.3, -0.25) is 23.5 Å². The molecule has 1 aliphatic carbocycles. The molecule has 0 spiro atoms. The van der Waals surface area contributed by atoms with E-state index in [0.29, 0.717) is 22.0 Å². The van der Waals surface area contributed by atoms with Gasteiger partial charge in [0.25, 0.3) is 23.8 Å². The zero-order valence-electron chi connectivity index (χ0n) is 33.3. The van der Waals surface area contributed by atoms with E-state index in [9.17, 15) is 27.2 Å². The maximum atomic E-state index is 15.7. The molecule has 10 nitrogen and oxygen atoms in total. The summed E-state index contributed by atoms with van der Waals surface area (Å²) in [6.07, 6.45) is -2.75. The normalized spacial score (nSPS) is 15.6. The molecule has 0 radical (unpaired) electrons. The number of carbonyl (C=O) groups is 1. The lowest BCUT2D eigenvalue weighted by molar-refractivity contribution is -0.123. The number of anilines is 1. The lowest BCUT2D eigenvalue weighted by Gasteiger charge is -2.25. The number of alkyl halides is 6. The lowest BCUT2D eigenvalue weighted by Crippen LogP contribution is -2.38. The smallest absolute Gasteiger partial charge is 0.292 e. The number of fused-ring (bicyclic) bond motifs is 3. The van der Waals surface area contributed by atoms with E-state index in [1.807, 2.05) is 0 Å². The summed E-state index contributed by atoms with van der Waals surface area (Å²) in [4.78, 5) is 33.7. The van der Waals surface area contributed by atoms with Crippen LogP contribution in [0, 0.1) is 23.5 Å². The molecule has 20 heteroatoms. The summed E-state index contributed by atoms with van der Waals surface area (Å²) < 4.78 is 126. The van der Waals surface area contributed by atoms with Gasteiger partial charge in [-0.1, -0.05) is 50.4 Å². The number of amides is 1. The van der Waals surface area contributed by atoms with Crippen molar-refractivity contribution in [2.45, 2.75) is 77.3 Å². The number of carbonyl (C=O) groups excluding carboxylic acids is 1. The average Bonchev–Trinajstić information content (AvgIpc) is 3.78. The van der Waals surface area contributed by atoms with Gasteiger partial charge in [0.1, 0.15) is 35.4 Å². The molecular weight excluding hydrogens is 856 g/mol. The maximum Gasteiger partial charge on any atom is 0.292 e. The van der Waals surface area contributed by atoms with Gasteiger partial charge in [-0.2, -0.15) is 19.0 Å². The van der Waals surface area contributed by atoms with Gasteiger partial charge in [-0.25, -0.2) is 31.3 Å². The van der Waals surface area contributed by atoms with Crippen molar-refractivity contribution in [1.82, 2.24) is 34.4 Å². The van der Waals surface area contributed by atoms with Crippen LogP contribution in [-0.4, -0.2) is 41.3 Å². The molecule has 1 amide bonds. The largest absolute Gasteiger partial charge is 0.344 e. The second-order valence-corrected chi connectivity index (χ2v) is 16.6. The molecule has 0 aliphatic heterocycles. The molecule has 0 bridgehead atoms. The van der Waals surface area contributed by atoms with Gasteiger partial charge in [0.15, 0.2) is 5.82 Å². The predicted octanol–water partition coefficient (Wildman–Crippen LogP) is 9.94. The first-order valence-electron chi connectivity index (χ1n) is 19.1. The molecule has 0 fully saturated rings. The van der Waals surface area contributed by atoms with Crippen LogP contribution in [0.3, 0.4) is 0 Å². The highest BCUT2D eigenvalue weighted by Gasteiger charge is 2.51. The Hall–Kier alpha value is -5.17. The maximum absolute atomic E-state index is 15.7. The van der Waals surface area contributed by atoms with Gasteiger partial charge in [0.05, 0.1) is 38.6 Å². The number of aryl methyl sites for hydroxylation is 1. The molecule has 0 saturated heterocycles. The van der Waals surface area contributed by atoms with E-state index < -0.39 is 96.1 Å². The highest BCUT2D eigenvalue weighted by atomic mass is 35.5. The van der Waals surface area contributed by atoms with Crippen molar-refractivity contribution < 1.29 is 39.9 Å². The van der Waals surface area contributed by atoms with Crippen LogP contribution in [0.1, 0.15) is 80.0 Å². The van der Waals surface area contributed by atoms with Crippen LogP contribution in [0.5, 0.6) is 0 Å². The number of halogens is 9. The van der Waals surface area contributed by atoms with Gasteiger partial charge in [0, 0.05) is 49.3 Å². The van der Waals surface area contributed by atoms with Gasteiger partial charge in [-0.15, -0.1) is 0 Å². The first-order valence-corrected chi connectivity index (χ1v) is 20.7. The van der Waals surface area contributed by atoms with E-state index in [1.165, 1.54) is 41.8 Å². The second-order valence-electron chi connectivity index (χ2n) is 15.5. The summed E-state index contributed by atoms with van der Waals surface area (Å²) in [6, 6.07) is 7.26. The van der Waals surface area contributed by atoms with Crippen LogP contribution >= 0.6 is 23.5 Å². The van der Waals surface area contributed by atoms with Crippen LogP contribution in [0.4, 0.5) is 40.9 Å². The van der Waals surface area contributed by atoms with Crippen LogP contribution in [-0.2, 0) is 43.1 Å². The molecule has 3 heterocycles. The zero-order valence-corrected chi connectivity index (χ0v) is 34.8. The third-order valence-corrected chi connectivity index (χ3v) is 11.5. The summed E-state index contributed by atoms with van der Waals surface area (Å²) in [6.45, 7) is 3.75. The average molecular weight is 895 g/mol. The van der Waals surface area contributed by atoms with Crippen molar-refractivity contribution in [1.29, 1.82) is 0 Å². The van der Waals surface area contributed by atoms with E-state index in [4.69, 9.17) is 16.6 Å². The lowest BCUT2D eigenvalue weighted by atomic mass is 9.98. The van der Waals surface area contributed by atoms with Gasteiger partial charge < -0.3 is 10.0 Å². The van der Waals surface area contributed by atoms with E-state index in [2.05, 4.69) is 20.2 Å². The summed E-state index contributed by atoms with van der Waals surface area (Å²) in [5, 5.41) is 11.3. The Morgan fingerprint density at radius 2 is 1.77 bits per heavy atom. The first kappa shape index (κ1) is 43.9. The predicted molar refractivity (Wildman–Crippen MR) is 217 cm³/mol. The van der Waals surface area contributed by atoms with Crippen molar-refractivity contribution in [3.63, 3.8) is 0 Å². The van der Waals surface area contributed by atoms with Gasteiger partial charge >= 0.3 is 0 Å². The Bertz CT molecular complexity index is 2720. The number of rotatable bonds is 14. The molecule has 61 heavy (non-hydrogen) atoms. The standard InChI is InChI=1S/C41H39ClF8N8O2S/c1-19(2)10-11-40(47,48)22-6-7-25-28(16-22)52-38(58(39(25)60)30-9-8-27(42)32-34(30)56(4)54-37(32)55-61-5)29(15-21-13-23(43)17-24(44)14-21)51-31(59)18-57-35-26(33(53-57)36(45)46)12-20(3)41(35,49)50/h6-9,13-14,16-17,19-20,29,36H,10-12,15,18H2,1-5H3,(H,51,59)(H,54,55). The molecule has 2 N–H and O–H groups in total. The first-order chi connectivity index (χ1) is 28.7. The summed E-state index contributed by atoms with van der Waals surface area (Å²) in [5.74, 6) is -11.5. The Balaban J connectivity index is 1.46. The number of nitrogens with one attached hydrogen (secondary N) is 2. The molecule has 7 rings (SSSR count). The van der Waals surface area contributed by atoms with E-state index in [1.54, 1.807) is 27.2 Å². The Morgan fingerprint density at radius 3 is 2.43 bits per heavy atom. The van der Waals surface area contributed by atoms with Crippen molar-refractivity contribution in [2.24, 2.45) is 18.9 Å². The highest BCUT2D eigenvalue weighted by Crippen LogP contribution is 2.48. The van der Waals surface area contributed by atoms with Gasteiger partial charge in [0.2, 0.25) is 5.91 Å². The summed E-state index contributed by atoms with van der Waals surface area (Å²) in [5.41, 5.74) is -3.31. The third kappa shape index (κ3) is 8.29. The minimum atomic E-state index is -3.63. The Kier molecular flexibility index (Phi) is 11.9. The minimum Gasteiger partial charge on any atom is -0.344 e. The van der Waals surface area contributed by atoms with E-state index >= 15 is 17.6 Å². The molecule has 3 aromatic carbocycles. The number of hydrogen-bond acceptors (Lipinski definition) is 7. The quantitative estimate of drug-likeness (QED) is 0.0828. The molecule has 6 aromatic rings. The Morgan fingerprint density at radius 1 is 1.07 bits per heavy atom. The van der Waals surface area contributed by atoms with Gasteiger partial charge in [-0.05, 0) is 60.7 Å². The van der Waals surface area contributed by atoms with Crippen LogP contribution < -0.4 is 15.6 Å². The fourth-order valence-corrected chi connectivity index (χ4v) is 8.39. The monoisotopic (exact) mass is 894 g/mol. The number of benzene rings is 3. The minimum absolute atomic E-state index is 0.0467. The number of aromatic nitrogens is 6. The number of nitrogens with zero attached hydrogens (tertiary/aromatic N) is 6. The van der Waals surface area contributed by atoms with E-state index in [0.717, 1.165) is 28.8 Å². The molecule has 2 unspecified atom stereocenters. The van der Waals surface area contributed by atoms with Crippen LogP contribution in [0.25, 0.3) is 27.5 Å². The third-order valence-electron chi connectivity index (χ3n) is 10.7. The second kappa shape index (κ2) is 16.6. The molecular formula is C41H39ClF8N8O2S. The molecule has 324 valence electrons. The fraction of sp³-hybridized carbons (Fsp3) is 0.390. The van der Waals surface area contributed by atoms with Crippen molar-refractivity contribution >= 4 is 57.1 Å². The Labute approximate surface area is 352 Å². The molecule has 3 aromatic heterocycles. The SMILES string of the molecule is CSNc1nn(C)c2c(-n3c(C(Cc4cc(F)cc(F)c4)NC(=O)Cn4nc(C(F)F)c5c4C(F)(F)C(C)C5)nc4cc(C(F)(F)CCC(C)C)ccc4c3=O)ccc(Cl)c12. The molecule has 1 aliphatic rings. The summed E-state index contributed by atoms with van der Waals surface area (Å²) in [7, 11) is 1.57. The zero-order chi connectivity index (χ0) is 44.3. The summed E-state index contributed by atoms with van der Waals surface area (Å²) >= 11 is 7.88. The van der Waals surface area contributed by atoms with Crippen molar-refractivity contribution in [3.8, 4) is 5.69 Å². The topological polar surface area (TPSA) is 112 Å². The van der Waals surface area contributed by atoms with Crippen molar-refractivity contribution in [3.05, 3.63) is 109 Å². The number of hydrogen-bond donors (Lipinski definition) is 2. The molecule has 2 atom stereocenters. The van der Waals surface area contributed by atoms with Crippen molar-refractivity contribution in [2.75, 3.05) is 11.0 Å². The van der Waals surface area contributed by atoms with Crippen LogP contribution in [0.15, 0.2) is 53.3 Å². The highest BCUT2D eigenvalue weighted by molar-refractivity contribution is 7.99. The van der Waals surface area contributed by atoms with Crippen LogP contribution in [0.2, 0.25) is 5.02 Å². The van der Waals surface area contributed by atoms with E-state index in [-0.39, 0.29) is 56.4 Å².